The predicted molar refractivity (Wildman–Crippen MR) is 74.9 cm³/mol. The van der Waals surface area contributed by atoms with Crippen LogP contribution in [-0.2, 0) is 0 Å². The van der Waals surface area contributed by atoms with Crippen LogP contribution in [0.5, 0.6) is 0 Å². The predicted octanol–water partition coefficient (Wildman–Crippen LogP) is 3.71. The van der Waals surface area contributed by atoms with Crippen molar-refractivity contribution in [2.75, 3.05) is 16.4 Å². The first-order valence-corrected chi connectivity index (χ1v) is 5.81. The average Bonchev–Trinajstić information content (AvgIpc) is 2.37. The SMILES string of the molecule is Nc1ccc(Cl)c(NC(=O)Nc2ccc(F)cc2)c1. The number of halogens is 2. The van der Waals surface area contributed by atoms with Crippen LogP contribution >= 0.6 is 11.6 Å². The third-order valence-corrected chi connectivity index (χ3v) is 2.67. The maximum absolute atomic E-state index is 12.7. The van der Waals surface area contributed by atoms with Gasteiger partial charge < -0.3 is 16.4 Å². The van der Waals surface area contributed by atoms with Crippen LogP contribution in [-0.4, -0.2) is 6.03 Å². The van der Waals surface area contributed by atoms with E-state index < -0.39 is 6.03 Å². The molecular weight excluding hydrogens is 269 g/mol. The molecule has 19 heavy (non-hydrogen) atoms. The van der Waals surface area contributed by atoms with Gasteiger partial charge in [-0.2, -0.15) is 0 Å². The first-order chi connectivity index (χ1) is 9.04. The van der Waals surface area contributed by atoms with Gasteiger partial charge in [0.2, 0.25) is 0 Å². The van der Waals surface area contributed by atoms with Crippen LogP contribution in [0.2, 0.25) is 5.02 Å². The molecule has 0 aliphatic carbocycles. The van der Waals surface area contributed by atoms with Crippen LogP contribution < -0.4 is 16.4 Å². The zero-order valence-corrected chi connectivity index (χ0v) is 10.5. The van der Waals surface area contributed by atoms with Gasteiger partial charge >= 0.3 is 6.03 Å². The van der Waals surface area contributed by atoms with E-state index in [-0.39, 0.29) is 5.82 Å². The van der Waals surface area contributed by atoms with Gasteiger partial charge in [0.25, 0.3) is 0 Å². The summed E-state index contributed by atoms with van der Waals surface area (Å²) in [6.45, 7) is 0. The molecule has 0 bridgehead atoms. The Hall–Kier alpha value is -2.27. The van der Waals surface area contributed by atoms with E-state index in [0.29, 0.717) is 22.1 Å². The van der Waals surface area contributed by atoms with Crippen molar-refractivity contribution in [3.63, 3.8) is 0 Å². The second kappa shape index (κ2) is 5.58. The highest BCUT2D eigenvalue weighted by molar-refractivity contribution is 6.34. The van der Waals surface area contributed by atoms with Gasteiger partial charge in [-0.25, -0.2) is 9.18 Å². The summed E-state index contributed by atoms with van der Waals surface area (Å²) in [5, 5.41) is 5.48. The standard InChI is InChI=1S/C13H11ClFN3O/c14-11-6-3-9(16)7-12(11)18-13(19)17-10-4-1-8(15)2-5-10/h1-7H,16H2,(H2,17,18,19). The summed E-state index contributed by atoms with van der Waals surface area (Å²) in [6.07, 6.45) is 0. The molecule has 2 aromatic rings. The van der Waals surface area contributed by atoms with Crippen molar-refractivity contribution >= 4 is 34.7 Å². The van der Waals surface area contributed by atoms with Gasteiger partial charge in [-0.3, -0.25) is 0 Å². The summed E-state index contributed by atoms with van der Waals surface area (Å²) in [4.78, 5) is 11.7. The number of rotatable bonds is 2. The Morgan fingerprint density at radius 2 is 1.79 bits per heavy atom. The number of hydrogen-bond acceptors (Lipinski definition) is 2. The average molecular weight is 280 g/mol. The number of carbonyl (C=O) groups excluding carboxylic acids is 1. The van der Waals surface area contributed by atoms with E-state index in [1.807, 2.05) is 0 Å². The summed E-state index contributed by atoms with van der Waals surface area (Å²) in [7, 11) is 0. The molecule has 6 heteroatoms. The Kier molecular flexibility index (Phi) is 3.87. The van der Waals surface area contributed by atoms with Gasteiger partial charge in [0.05, 0.1) is 10.7 Å². The van der Waals surface area contributed by atoms with Gasteiger partial charge in [0.15, 0.2) is 0 Å². The Labute approximate surface area is 114 Å². The largest absolute Gasteiger partial charge is 0.399 e. The Morgan fingerprint density at radius 3 is 2.47 bits per heavy atom. The van der Waals surface area contributed by atoms with E-state index in [1.165, 1.54) is 24.3 Å². The number of nitrogen functional groups attached to an aromatic ring is 1. The maximum Gasteiger partial charge on any atom is 0.323 e. The second-order valence-corrected chi connectivity index (χ2v) is 4.23. The van der Waals surface area contributed by atoms with Gasteiger partial charge in [0, 0.05) is 11.4 Å². The summed E-state index contributed by atoms with van der Waals surface area (Å²) >= 11 is 5.92. The fourth-order valence-corrected chi connectivity index (χ4v) is 1.62. The Balaban J connectivity index is 2.05. The molecular formula is C13H11ClFN3O. The van der Waals surface area contributed by atoms with Crippen LogP contribution in [0.1, 0.15) is 0 Å². The van der Waals surface area contributed by atoms with Crippen LogP contribution in [0.3, 0.4) is 0 Å². The monoisotopic (exact) mass is 279 g/mol. The second-order valence-electron chi connectivity index (χ2n) is 3.83. The zero-order valence-electron chi connectivity index (χ0n) is 9.78. The highest BCUT2D eigenvalue weighted by Crippen LogP contribution is 2.24. The van der Waals surface area contributed by atoms with E-state index >= 15 is 0 Å². The summed E-state index contributed by atoms with van der Waals surface area (Å²) in [5.74, 6) is -0.371. The van der Waals surface area contributed by atoms with Gasteiger partial charge in [0.1, 0.15) is 5.82 Å². The molecule has 0 aliphatic rings. The van der Waals surface area contributed by atoms with Gasteiger partial charge in [-0.1, -0.05) is 11.6 Å². The molecule has 0 aliphatic heterocycles. The minimum Gasteiger partial charge on any atom is -0.399 e. The Bertz CT molecular complexity index is 601. The van der Waals surface area contributed by atoms with Crippen LogP contribution in [0.4, 0.5) is 26.2 Å². The van der Waals surface area contributed by atoms with Crippen molar-refractivity contribution in [1.29, 1.82) is 0 Å². The molecule has 2 rings (SSSR count). The van der Waals surface area contributed by atoms with E-state index in [1.54, 1.807) is 18.2 Å². The summed E-state index contributed by atoms with van der Waals surface area (Å²) in [5.41, 5.74) is 6.96. The molecule has 4 nitrogen and oxygen atoms in total. The fourth-order valence-electron chi connectivity index (χ4n) is 1.46. The number of nitrogens with one attached hydrogen (secondary N) is 2. The molecule has 0 saturated carbocycles. The van der Waals surface area contributed by atoms with Crippen molar-refractivity contribution in [1.82, 2.24) is 0 Å². The lowest BCUT2D eigenvalue weighted by Gasteiger charge is -2.09. The lowest BCUT2D eigenvalue weighted by atomic mass is 10.3. The minimum absolute atomic E-state index is 0.371. The molecule has 0 aromatic heterocycles. The molecule has 2 aromatic carbocycles. The number of amides is 2. The molecule has 0 heterocycles. The molecule has 0 fully saturated rings. The van der Waals surface area contributed by atoms with Crippen molar-refractivity contribution in [3.05, 3.63) is 53.3 Å². The summed E-state index contributed by atoms with van der Waals surface area (Å²) in [6, 6.07) is 9.69. The van der Waals surface area contributed by atoms with Crippen molar-refractivity contribution in [2.24, 2.45) is 0 Å². The number of urea groups is 1. The molecule has 0 radical (unpaired) electrons. The smallest absolute Gasteiger partial charge is 0.323 e. The molecule has 0 spiro atoms. The number of benzene rings is 2. The normalized spacial score (nSPS) is 10.0. The van der Waals surface area contributed by atoms with Crippen molar-refractivity contribution < 1.29 is 9.18 Å². The number of hydrogen-bond donors (Lipinski definition) is 3. The molecule has 4 N–H and O–H groups in total. The lowest BCUT2D eigenvalue weighted by molar-refractivity contribution is 0.262. The van der Waals surface area contributed by atoms with E-state index in [2.05, 4.69) is 10.6 Å². The van der Waals surface area contributed by atoms with E-state index in [9.17, 15) is 9.18 Å². The first-order valence-electron chi connectivity index (χ1n) is 5.43. The zero-order chi connectivity index (χ0) is 13.8. The summed E-state index contributed by atoms with van der Waals surface area (Å²) < 4.78 is 12.7. The quantitative estimate of drug-likeness (QED) is 0.734. The molecule has 2 amide bonds. The fraction of sp³-hybridized carbons (Fsp3) is 0. The highest BCUT2D eigenvalue weighted by atomic mass is 35.5. The van der Waals surface area contributed by atoms with E-state index in [4.69, 9.17) is 17.3 Å². The molecule has 0 atom stereocenters. The number of nitrogens with two attached hydrogens (primary N) is 1. The maximum atomic E-state index is 12.7. The molecule has 98 valence electrons. The minimum atomic E-state index is -0.487. The van der Waals surface area contributed by atoms with Crippen LogP contribution in [0, 0.1) is 5.82 Å². The highest BCUT2D eigenvalue weighted by Gasteiger charge is 2.06. The third kappa shape index (κ3) is 3.59. The number of anilines is 3. The van der Waals surface area contributed by atoms with Crippen molar-refractivity contribution in [3.8, 4) is 0 Å². The topological polar surface area (TPSA) is 67.1 Å². The van der Waals surface area contributed by atoms with Crippen molar-refractivity contribution in [2.45, 2.75) is 0 Å². The first kappa shape index (κ1) is 13.2. The third-order valence-electron chi connectivity index (χ3n) is 2.34. The molecule has 0 saturated heterocycles. The van der Waals surface area contributed by atoms with Gasteiger partial charge in [-0.05, 0) is 42.5 Å². The molecule has 0 unspecified atom stereocenters. The number of carbonyl (C=O) groups is 1. The van der Waals surface area contributed by atoms with Gasteiger partial charge in [-0.15, -0.1) is 0 Å². The van der Waals surface area contributed by atoms with E-state index in [0.717, 1.165) is 0 Å². The van der Waals surface area contributed by atoms with Crippen LogP contribution in [0.25, 0.3) is 0 Å². The Morgan fingerprint density at radius 1 is 1.11 bits per heavy atom. The lowest BCUT2D eigenvalue weighted by Crippen LogP contribution is -2.19. The van der Waals surface area contributed by atoms with Crippen LogP contribution in [0.15, 0.2) is 42.5 Å².